The van der Waals surface area contributed by atoms with Gasteiger partial charge in [-0.05, 0) is 18.2 Å². The number of nitrogens with zero attached hydrogens (tertiary/aromatic N) is 2. The molecule has 2 fully saturated rings. The zero-order valence-corrected chi connectivity index (χ0v) is 14.2. The van der Waals surface area contributed by atoms with Gasteiger partial charge in [0.05, 0.1) is 17.7 Å². The van der Waals surface area contributed by atoms with E-state index in [0.29, 0.717) is 18.8 Å². The van der Waals surface area contributed by atoms with Crippen LogP contribution in [0.5, 0.6) is 0 Å². The van der Waals surface area contributed by atoms with Crippen molar-refractivity contribution < 1.29 is 13.9 Å². The highest BCUT2D eigenvalue weighted by Gasteiger charge is 2.24. The minimum Gasteiger partial charge on any atom is -0.374 e. The van der Waals surface area contributed by atoms with Gasteiger partial charge in [-0.1, -0.05) is 11.6 Å². The average Bonchev–Trinajstić information content (AvgIpc) is 2.60. The van der Waals surface area contributed by atoms with Crippen LogP contribution in [0.15, 0.2) is 18.2 Å². The van der Waals surface area contributed by atoms with Crippen LogP contribution in [0.1, 0.15) is 0 Å². The van der Waals surface area contributed by atoms with E-state index in [1.807, 2.05) is 0 Å². The van der Waals surface area contributed by atoms with Gasteiger partial charge in [0, 0.05) is 51.5 Å². The molecule has 0 spiro atoms. The summed E-state index contributed by atoms with van der Waals surface area (Å²) in [7, 11) is 0. The zero-order valence-electron chi connectivity index (χ0n) is 13.4. The van der Waals surface area contributed by atoms with Crippen LogP contribution >= 0.6 is 11.6 Å². The standard InChI is InChI=1S/C16H22ClFN4O2/c17-14-9-12(1-2-15(14)18)20-16(23)22-6-4-21(5-7-22)11-13-10-19-3-8-24-13/h1-2,9,13,19H,3-8,10-11H2,(H,20,23)/t13-/m0/s1. The number of urea groups is 1. The molecule has 2 N–H and O–H groups in total. The van der Waals surface area contributed by atoms with E-state index in [1.54, 1.807) is 4.90 Å². The number of nitrogens with one attached hydrogen (secondary N) is 2. The number of benzene rings is 1. The van der Waals surface area contributed by atoms with Gasteiger partial charge in [-0.15, -0.1) is 0 Å². The number of amides is 2. The quantitative estimate of drug-likeness (QED) is 0.864. The highest BCUT2D eigenvalue weighted by atomic mass is 35.5. The van der Waals surface area contributed by atoms with Gasteiger partial charge in [-0.25, -0.2) is 9.18 Å². The first-order chi connectivity index (χ1) is 11.6. The van der Waals surface area contributed by atoms with Gasteiger partial charge in [0.15, 0.2) is 0 Å². The Morgan fingerprint density at radius 2 is 2.17 bits per heavy atom. The first kappa shape index (κ1) is 17.4. The minimum atomic E-state index is -0.497. The molecule has 1 aromatic rings. The van der Waals surface area contributed by atoms with Gasteiger partial charge < -0.3 is 20.3 Å². The Labute approximate surface area is 145 Å². The second-order valence-electron chi connectivity index (χ2n) is 6.04. The number of carbonyl (C=O) groups excluding carboxylic acids is 1. The fourth-order valence-corrected chi connectivity index (χ4v) is 3.12. The molecule has 0 bridgehead atoms. The first-order valence-corrected chi connectivity index (χ1v) is 8.55. The fraction of sp³-hybridized carbons (Fsp3) is 0.562. The van der Waals surface area contributed by atoms with Crippen molar-refractivity contribution in [2.75, 3.05) is 57.7 Å². The van der Waals surface area contributed by atoms with Crippen molar-refractivity contribution in [2.45, 2.75) is 6.10 Å². The second-order valence-corrected chi connectivity index (χ2v) is 6.45. The molecular weight excluding hydrogens is 335 g/mol. The van der Waals surface area contributed by atoms with Crippen molar-refractivity contribution in [1.82, 2.24) is 15.1 Å². The minimum absolute atomic E-state index is 0.00119. The maximum Gasteiger partial charge on any atom is 0.321 e. The molecule has 2 heterocycles. The van der Waals surface area contributed by atoms with Crippen LogP contribution in [0.3, 0.4) is 0 Å². The van der Waals surface area contributed by atoms with E-state index in [0.717, 1.165) is 39.3 Å². The normalized spacial score (nSPS) is 22.4. The van der Waals surface area contributed by atoms with Crippen LogP contribution < -0.4 is 10.6 Å². The SMILES string of the molecule is O=C(Nc1ccc(F)c(Cl)c1)N1CCN(C[C@@H]2CNCCO2)CC1. The monoisotopic (exact) mass is 356 g/mol. The summed E-state index contributed by atoms with van der Waals surface area (Å²) in [6.07, 6.45) is 0.223. The summed E-state index contributed by atoms with van der Waals surface area (Å²) in [5.74, 6) is -0.497. The molecule has 24 heavy (non-hydrogen) atoms. The van der Waals surface area contributed by atoms with Crippen molar-refractivity contribution >= 4 is 23.3 Å². The molecule has 1 atom stereocenters. The van der Waals surface area contributed by atoms with E-state index in [4.69, 9.17) is 16.3 Å². The number of carbonyl (C=O) groups is 1. The molecule has 8 heteroatoms. The van der Waals surface area contributed by atoms with Gasteiger partial charge in [-0.2, -0.15) is 0 Å². The Morgan fingerprint density at radius 3 is 2.83 bits per heavy atom. The maximum absolute atomic E-state index is 13.2. The lowest BCUT2D eigenvalue weighted by atomic mass is 10.2. The van der Waals surface area contributed by atoms with Crippen LogP contribution in [0.25, 0.3) is 0 Å². The van der Waals surface area contributed by atoms with Crippen LogP contribution in [0.2, 0.25) is 5.02 Å². The van der Waals surface area contributed by atoms with Gasteiger partial charge in [0.25, 0.3) is 0 Å². The van der Waals surface area contributed by atoms with Crippen LogP contribution in [-0.2, 0) is 4.74 Å². The van der Waals surface area contributed by atoms with Crippen LogP contribution in [0, 0.1) is 5.82 Å². The molecular formula is C16H22ClFN4O2. The molecule has 3 rings (SSSR count). The molecule has 2 aliphatic heterocycles. The smallest absolute Gasteiger partial charge is 0.321 e. The number of anilines is 1. The topological polar surface area (TPSA) is 56.8 Å². The lowest BCUT2D eigenvalue weighted by molar-refractivity contribution is -0.00112. The number of piperazine rings is 1. The van der Waals surface area contributed by atoms with E-state index in [-0.39, 0.29) is 17.2 Å². The van der Waals surface area contributed by atoms with Gasteiger partial charge >= 0.3 is 6.03 Å². The van der Waals surface area contributed by atoms with E-state index in [2.05, 4.69) is 15.5 Å². The van der Waals surface area contributed by atoms with Gasteiger partial charge in [-0.3, -0.25) is 4.90 Å². The molecule has 132 valence electrons. The fourth-order valence-electron chi connectivity index (χ4n) is 2.93. The largest absolute Gasteiger partial charge is 0.374 e. The summed E-state index contributed by atoms with van der Waals surface area (Å²) in [4.78, 5) is 16.4. The third kappa shape index (κ3) is 4.57. The van der Waals surface area contributed by atoms with Crippen molar-refractivity contribution in [3.8, 4) is 0 Å². The third-order valence-corrected chi connectivity index (χ3v) is 4.59. The lowest BCUT2D eigenvalue weighted by Gasteiger charge is -2.37. The number of hydrogen-bond donors (Lipinski definition) is 2. The molecule has 2 amide bonds. The van der Waals surface area contributed by atoms with Crippen molar-refractivity contribution in [3.63, 3.8) is 0 Å². The van der Waals surface area contributed by atoms with E-state index in [1.165, 1.54) is 18.2 Å². The average molecular weight is 357 g/mol. The second kappa shape index (κ2) is 8.11. The van der Waals surface area contributed by atoms with Gasteiger partial charge in [0.1, 0.15) is 5.82 Å². The Hall–Kier alpha value is -1.41. The van der Waals surface area contributed by atoms with E-state index >= 15 is 0 Å². The predicted octanol–water partition coefficient (Wildman–Crippen LogP) is 1.62. The van der Waals surface area contributed by atoms with E-state index < -0.39 is 5.82 Å². The third-order valence-electron chi connectivity index (χ3n) is 4.30. The Balaban J connectivity index is 1.45. The zero-order chi connectivity index (χ0) is 16.9. The number of rotatable bonds is 3. The summed E-state index contributed by atoms with van der Waals surface area (Å²) in [5.41, 5.74) is 0.496. The molecule has 6 nitrogen and oxygen atoms in total. The summed E-state index contributed by atoms with van der Waals surface area (Å²) in [5, 5.41) is 6.08. The summed E-state index contributed by atoms with van der Waals surface area (Å²) in [6.45, 7) is 6.38. The molecule has 2 saturated heterocycles. The molecule has 0 radical (unpaired) electrons. The Kier molecular flexibility index (Phi) is 5.89. The Bertz CT molecular complexity index is 575. The number of ether oxygens (including phenoxy) is 1. The lowest BCUT2D eigenvalue weighted by Crippen LogP contribution is -2.53. The predicted molar refractivity (Wildman–Crippen MR) is 91.1 cm³/mol. The highest BCUT2D eigenvalue weighted by Crippen LogP contribution is 2.19. The first-order valence-electron chi connectivity index (χ1n) is 8.17. The van der Waals surface area contributed by atoms with E-state index in [9.17, 15) is 9.18 Å². The molecule has 2 aliphatic rings. The Morgan fingerprint density at radius 1 is 1.38 bits per heavy atom. The number of halogens is 2. The van der Waals surface area contributed by atoms with Crippen LogP contribution in [0.4, 0.5) is 14.9 Å². The summed E-state index contributed by atoms with van der Waals surface area (Å²) >= 11 is 5.73. The van der Waals surface area contributed by atoms with Gasteiger partial charge in [0.2, 0.25) is 0 Å². The molecule has 0 aromatic heterocycles. The highest BCUT2D eigenvalue weighted by molar-refractivity contribution is 6.31. The molecule has 0 unspecified atom stereocenters. The van der Waals surface area contributed by atoms with Crippen LogP contribution in [-0.4, -0.2) is 74.4 Å². The number of morpholine rings is 1. The maximum atomic E-state index is 13.2. The molecule has 0 saturated carbocycles. The number of hydrogen-bond acceptors (Lipinski definition) is 4. The summed E-state index contributed by atoms with van der Waals surface area (Å²) in [6, 6.07) is 3.97. The van der Waals surface area contributed by atoms with Crippen molar-refractivity contribution in [3.05, 3.63) is 29.0 Å². The van der Waals surface area contributed by atoms with Crippen molar-refractivity contribution in [2.24, 2.45) is 0 Å². The molecule has 0 aliphatic carbocycles. The molecule has 1 aromatic carbocycles. The summed E-state index contributed by atoms with van der Waals surface area (Å²) < 4.78 is 18.9. The van der Waals surface area contributed by atoms with Crippen molar-refractivity contribution in [1.29, 1.82) is 0 Å².